The van der Waals surface area contributed by atoms with Crippen LogP contribution >= 0.6 is 15.9 Å². The number of nitrogens with zero attached hydrogens (tertiary/aromatic N) is 1. The molecule has 0 aliphatic carbocycles. The first-order valence-electron chi connectivity index (χ1n) is 4.98. The van der Waals surface area contributed by atoms with Crippen LogP contribution in [0, 0.1) is 21.3 Å². The number of benzene rings is 1. The van der Waals surface area contributed by atoms with Gasteiger partial charge in [0.05, 0.1) is 17.6 Å². The molecule has 0 atom stereocenters. The van der Waals surface area contributed by atoms with Gasteiger partial charge in [0.1, 0.15) is 0 Å². The molecule has 0 aromatic heterocycles. The van der Waals surface area contributed by atoms with E-state index in [1.54, 1.807) is 0 Å². The van der Waals surface area contributed by atoms with Crippen LogP contribution in [0.3, 0.4) is 0 Å². The molecule has 0 unspecified atom stereocenters. The highest BCUT2D eigenvalue weighted by atomic mass is 79.9. The lowest BCUT2D eigenvalue weighted by Gasteiger charge is -2.21. The summed E-state index contributed by atoms with van der Waals surface area (Å²) in [6.07, 6.45) is 0. The van der Waals surface area contributed by atoms with E-state index in [2.05, 4.69) is 15.9 Å². The highest BCUT2D eigenvalue weighted by molar-refractivity contribution is 9.09. The van der Waals surface area contributed by atoms with Gasteiger partial charge in [-0.3, -0.25) is 10.1 Å². The highest BCUT2D eigenvalue weighted by Gasteiger charge is 2.19. The van der Waals surface area contributed by atoms with Crippen LogP contribution in [0.2, 0.25) is 0 Å². The van der Waals surface area contributed by atoms with Crippen molar-refractivity contribution in [2.75, 3.05) is 11.9 Å². The number of hydrogen-bond acceptors (Lipinski definition) is 3. The number of halogens is 2. The van der Waals surface area contributed by atoms with Crippen LogP contribution in [0.15, 0.2) is 18.2 Å². The second-order valence-electron chi connectivity index (χ2n) is 4.46. The first kappa shape index (κ1) is 13.9. The van der Waals surface area contributed by atoms with Crippen molar-refractivity contribution in [2.24, 2.45) is 5.41 Å². The summed E-state index contributed by atoms with van der Waals surface area (Å²) in [6.45, 7) is 4.25. The lowest BCUT2D eigenvalue weighted by atomic mass is 9.98. The van der Waals surface area contributed by atoms with Crippen molar-refractivity contribution in [2.45, 2.75) is 13.8 Å². The first-order valence-corrected chi connectivity index (χ1v) is 6.10. The van der Waals surface area contributed by atoms with Gasteiger partial charge in [0.15, 0.2) is 11.6 Å². The largest absolute Gasteiger partial charge is 0.490 e. The number of alkyl halides is 1. The second kappa shape index (κ2) is 5.44. The van der Waals surface area contributed by atoms with Gasteiger partial charge >= 0.3 is 0 Å². The molecule has 0 fully saturated rings. The van der Waals surface area contributed by atoms with Crippen molar-refractivity contribution in [3.63, 3.8) is 0 Å². The molecule has 0 spiro atoms. The number of ether oxygens (including phenoxy) is 1. The summed E-state index contributed by atoms with van der Waals surface area (Å²) < 4.78 is 18.7. The molecule has 4 nitrogen and oxygen atoms in total. The van der Waals surface area contributed by atoms with E-state index in [0.29, 0.717) is 11.9 Å². The predicted octanol–water partition coefficient (Wildman–Crippen LogP) is 3.53. The maximum Gasteiger partial charge on any atom is 0.272 e. The van der Waals surface area contributed by atoms with Crippen LogP contribution in [-0.2, 0) is 0 Å². The highest BCUT2D eigenvalue weighted by Crippen LogP contribution is 2.25. The van der Waals surface area contributed by atoms with Gasteiger partial charge in [0.2, 0.25) is 0 Å². The standard InChI is InChI=1S/C11H13BrFNO3/c1-11(2,6-12)7-17-10-4-3-8(14(15)16)5-9(10)13/h3-5H,6-7H2,1-2H3. The SMILES string of the molecule is CC(C)(CBr)COc1ccc([N+](=O)[O-])cc1F. The molecule has 0 aliphatic rings. The Kier molecular flexibility index (Phi) is 4.45. The molecule has 0 radical (unpaired) electrons. The monoisotopic (exact) mass is 305 g/mol. The van der Waals surface area contributed by atoms with Gasteiger partial charge in [0.25, 0.3) is 5.69 Å². The topological polar surface area (TPSA) is 52.4 Å². The summed E-state index contributed by atoms with van der Waals surface area (Å²) >= 11 is 3.33. The molecule has 0 bridgehead atoms. The number of hydrogen-bond donors (Lipinski definition) is 0. The summed E-state index contributed by atoms with van der Waals surface area (Å²) in [6, 6.07) is 3.35. The number of non-ortho nitro benzene ring substituents is 1. The Morgan fingerprint density at radius 3 is 2.65 bits per heavy atom. The quantitative estimate of drug-likeness (QED) is 0.475. The number of rotatable bonds is 5. The lowest BCUT2D eigenvalue weighted by Crippen LogP contribution is -2.23. The summed E-state index contributed by atoms with van der Waals surface area (Å²) in [5.74, 6) is -0.686. The van der Waals surface area contributed by atoms with Gasteiger partial charge in [0, 0.05) is 16.8 Å². The average molecular weight is 306 g/mol. The van der Waals surface area contributed by atoms with E-state index in [1.165, 1.54) is 12.1 Å². The van der Waals surface area contributed by atoms with Crippen molar-refractivity contribution in [1.82, 2.24) is 0 Å². The van der Waals surface area contributed by atoms with Crippen LogP contribution in [-0.4, -0.2) is 16.9 Å². The molecule has 1 rings (SSSR count). The fraction of sp³-hybridized carbons (Fsp3) is 0.455. The predicted molar refractivity (Wildman–Crippen MR) is 66.1 cm³/mol. The number of nitro groups is 1. The summed E-state index contributed by atoms with van der Waals surface area (Å²) in [5.41, 5.74) is -0.414. The number of nitro benzene ring substituents is 1. The molecular weight excluding hydrogens is 293 g/mol. The Bertz CT molecular complexity index is 423. The Balaban J connectivity index is 2.77. The Morgan fingerprint density at radius 2 is 2.18 bits per heavy atom. The van der Waals surface area contributed by atoms with Gasteiger partial charge in [-0.25, -0.2) is 4.39 Å². The molecule has 1 aromatic rings. The van der Waals surface area contributed by atoms with Crippen LogP contribution in [0.5, 0.6) is 5.75 Å². The molecule has 94 valence electrons. The normalized spacial score (nSPS) is 11.3. The van der Waals surface area contributed by atoms with Crippen molar-refractivity contribution in [3.05, 3.63) is 34.1 Å². The third-order valence-corrected chi connectivity index (χ3v) is 3.62. The zero-order valence-corrected chi connectivity index (χ0v) is 11.2. The molecular formula is C11H13BrFNO3. The first-order chi connectivity index (χ1) is 7.85. The Hall–Kier alpha value is -1.17. The van der Waals surface area contributed by atoms with E-state index < -0.39 is 10.7 Å². The zero-order chi connectivity index (χ0) is 13.1. The fourth-order valence-corrected chi connectivity index (χ4v) is 1.19. The molecule has 0 saturated heterocycles. The molecule has 0 heterocycles. The maximum atomic E-state index is 13.4. The Morgan fingerprint density at radius 1 is 1.53 bits per heavy atom. The summed E-state index contributed by atoms with van der Waals surface area (Å²) in [7, 11) is 0. The van der Waals surface area contributed by atoms with E-state index in [9.17, 15) is 14.5 Å². The van der Waals surface area contributed by atoms with Gasteiger partial charge in [-0.05, 0) is 6.07 Å². The lowest BCUT2D eigenvalue weighted by molar-refractivity contribution is -0.385. The molecule has 0 N–H and O–H groups in total. The third kappa shape index (κ3) is 3.96. The van der Waals surface area contributed by atoms with Crippen LogP contribution in [0.1, 0.15) is 13.8 Å². The fourth-order valence-electron chi connectivity index (χ4n) is 1.03. The molecule has 0 saturated carbocycles. The maximum absolute atomic E-state index is 13.4. The van der Waals surface area contributed by atoms with Gasteiger partial charge in [-0.2, -0.15) is 0 Å². The van der Waals surface area contributed by atoms with Gasteiger partial charge in [-0.1, -0.05) is 29.8 Å². The minimum atomic E-state index is -0.718. The summed E-state index contributed by atoms with van der Waals surface area (Å²) in [4.78, 5) is 9.78. The van der Waals surface area contributed by atoms with Gasteiger partial charge in [-0.15, -0.1) is 0 Å². The van der Waals surface area contributed by atoms with E-state index in [0.717, 1.165) is 6.07 Å². The van der Waals surface area contributed by atoms with Crippen LogP contribution in [0.25, 0.3) is 0 Å². The minimum absolute atomic E-state index is 0.0321. The second-order valence-corrected chi connectivity index (χ2v) is 5.02. The molecule has 6 heteroatoms. The average Bonchev–Trinajstić information content (AvgIpc) is 2.27. The van der Waals surface area contributed by atoms with Crippen molar-refractivity contribution in [3.8, 4) is 5.75 Å². The van der Waals surface area contributed by atoms with Crippen molar-refractivity contribution in [1.29, 1.82) is 0 Å². The van der Waals surface area contributed by atoms with Gasteiger partial charge < -0.3 is 4.74 Å². The van der Waals surface area contributed by atoms with E-state index in [1.807, 2.05) is 13.8 Å². The summed E-state index contributed by atoms with van der Waals surface area (Å²) in [5, 5.41) is 11.1. The molecule has 0 aliphatic heterocycles. The molecule has 17 heavy (non-hydrogen) atoms. The smallest absolute Gasteiger partial charge is 0.272 e. The Labute approximate surface area is 107 Å². The van der Waals surface area contributed by atoms with Crippen LogP contribution in [0.4, 0.5) is 10.1 Å². The third-order valence-electron chi connectivity index (χ3n) is 2.11. The van der Waals surface area contributed by atoms with Crippen molar-refractivity contribution >= 4 is 21.6 Å². The van der Waals surface area contributed by atoms with Crippen LogP contribution < -0.4 is 4.74 Å². The van der Waals surface area contributed by atoms with E-state index in [-0.39, 0.29) is 16.9 Å². The van der Waals surface area contributed by atoms with E-state index in [4.69, 9.17) is 4.74 Å². The zero-order valence-electron chi connectivity index (χ0n) is 9.57. The molecule has 1 aromatic carbocycles. The minimum Gasteiger partial charge on any atom is -0.490 e. The van der Waals surface area contributed by atoms with E-state index >= 15 is 0 Å². The molecule has 0 amide bonds. The van der Waals surface area contributed by atoms with Crippen molar-refractivity contribution < 1.29 is 14.1 Å².